The van der Waals surface area contributed by atoms with E-state index in [1.807, 2.05) is 0 Å². The molecule has 3 heterocycles. The fourth-order valence-corrected chi connectivity index (χ4v) is 3.33. The zero-order chi connectivity index (χ0) is 18.3. The van der Waals surface area contributed by atoms with Crippen LogP contribution in [0.5, 0.6) is 0 Å². The van der Waals surface area contributed by atoms with Crippen molar-refractivity contribution in [1.82, 2.24) is 25.2 Å². The quantitative estimate of drug-likeness (QED) is 0.861. The smallest absolute Gasteiger partial charge is 0.255 e. The number of H-pyrrole nitrogens is 1. The lowest BCUT2D eigenvalue weighted by Gasteiger charge is -2.21. The van der Waals surface area contributed by atoms with E-state index >= 15 is 0 Å². The molecular formula is C18H20N6O2. The van der Waals surface area contributed by atoms with Crippen LogP contribution in [0.3, 0.4) is 0 Å². The van der Waals surface area contributed by atoms with Crippen molar-refractivity contribution in [1.29, 1.82) is 5.26 Å². The van der Waals surface area contributed by atoms with E-state index in [1.54, 1.807) is 24.2 Å². The largest absolute Gasteiger partial charge is 0.344 e. The molecule has 2 atom stereocenters. The van der Waals surface area contributed by atoms with Crippen LogP contribution in [0.15, 0.2) is 12.4 Å². The van der Waals surface area contributed by atoms with Gasteiger partial charge in [0.1, 0.15) is 11.6 Å². The van der Waals surface area contributed by atoms with Gasteiger partial charge in [-0.05, 0) is 26.2 Å². The molecule has 0 bridgehead atoms. The fraction of sp³-hybridized carbons (Fsp3) is 0.500. The van der Waals surface area contributed by atoms with Gasteiger partial charge in [0.15, 0.2) is 5.65 Å². The number of aromatic nitrogens is 3. The number of nitrogens with zero attached hydrogens (tertiary/aromatic N) is 4. The number of rotatable bonds is 4. The van der Waals surface area contributed by atoms with Crippen molar-refractivity contribution in [2.24, 2.45) is 5.92 Å². The Morgan fingerprint density at radius 1 is 1.42 bits per heavy atom. The van der Waals surface area contributed by atoms with Crippen molar-refractivity contribution in [3.8, 4) is 6.07 Å². The molecule has 0 radical (unpaired) electrons. The molecule has 4 rings (SSSR count). The van der Waals surface area contributed by atoms with E-state index in [-0.39, 0.29) is 17.7 Å². The number of likely N-dealkylation sites (tertiary alicyclic amines) is 1. The second-order valence-corrected chi connectivity index (χ2v) is 7.06. The van der Waals surface area contributed by atoms with Gasteiger partial charge in [0.2, 0.25) is 5.91 Å². The Hall–Kier alpha value is -2.95. The molecule has 8 nitrogen and oxygen atoms in total. The summed E-state index contributed by atoms with van der Waals surface area (Å²) in [5, 5.41) is 11.7. The van der Waals surface area contributed by atoms with Crippen LogP contribution in [-0.2, 0) is 4.79 Å². The number of hydrogen-bond donors (Lipinski definition) is 2. The average molecular weight is 352 g/mol. The highest BCUT2D eigenvalue weighted by Gasteiger charge is 2.30. The average Bonchev–Trinajstić information content (AvgIpc) is 3.23. The van der Waals surface area contributed by atoms with E-state index in [0.29, 0.717) is 42.2 Å². The van der Waals surface area contributed by atoms with Gasteiger partial charge in [0.05, 0.1) is 29.4 Å². The summed E-state index contributed by atoms with van der Waals surface area (Å²) >= 11 is 0. The highest BCUT2D eigenvalue weighted by atomic mass is 16.2. The zero-order valence-corrected chi connectivity index (χ0v) is 14.5. The molecule has 2 amide bonds. The fourth-order valence-electron chi connectivity index (χ4n) is 3.33. The lowest BCUT2D eigenvalue weighted by atomic mass is 10.1. The summed E-state index contributed by atoms with van der Waals surface area (Å²) in [4.78, 5) is 38.7. The molecule has 1 saturated carbocycles. The van der Waals surface area contributed by atoms with Crippen molar-refractivity contribution in [3.63, 3.8) is 0 Å². The topological polar surface area (TPSA) is 115 Å². The summed E-state index contributed by atoms with van der Waals surface area (Å²) in [5.74, 6) is -0.191. The lowest BCUT2D eigenvalue weighted by molar-refractivity contribution is -0.131. The Bertz CT molecular complexity index is 910. The monoisotopic (exact) mass is 352 g/mol. The van der Waals surface area contributed by atoms with Gasteiger partial charge < -0.3 is 15.2 Å². The predicted octanol–water partition coefficient (Wildman–Crippen LogP) is 1.33. The summed E-state index contributed by atoms with van der Waals surface area (Å²) in [6.45, 7) is 2.65. The molecule has 2 fully saturated rings. The Labute approximate surface area is 150 Å². The normalized spacial score (nSPS) is 20.8. The first-order valence-electron chi connectivity index (χ1n) is 8.90. The third-order valence-electron chi connectivity index (χ3n) is 5.04. The number of nitriles is 1. The zero-order valence-electron chi connectivity index (χ0n) is 14.5. The van der Waals surface area contributed by atoms with Gasteiger partial charge in [0.25, 0.3) is 5.91 Å². The van der Waals surface area contributed by atoms with Crippen LogP contribution >= 0.6 is 0 Å². The Balaban J connectivity index is 1.47. The molecular weight excluding hydrogens is 332 g/mol. The third-order valence-corrected chi connectivity index (χ3v) is 5.04. The van der Waals surface area contributed by atoms with Crippen molar-refractivity contribution >= 4 is 23.0 Å². The van der Waals surface area contributed by atoms with Crippen molar-refractivity contribution in [2.45, 2.75) is 38.1 Å². The first kappa shape index (κ1) is 16.5. The van der Waals surface area contributed by atoms with Crippen LogP contribution in [0.25, 0.3) is 11.2 Å². The molecule has 1 aliphatic heterocycles. The second-order valence-electron chi connectivity index (χ2n) is 7.06. The van der Waals surface area contributed by atoms with Crippen LogP contribution < -0.4 is 5.32 Å². The molecule has 134 valence electrons. The molecule has 1 aliphatic carbocycles. The summed E-state index contributed by atoms with van der Waals surface area (Å²) in [6, 6.07) is 1.53. The molecule has 1 saturated heterocycles. The predicted molar refractivity (Wildman–Crippen MR) is 93.1 cm³/mol. The highest BCUT2D eigenvalue weighted by molar-refractivity contribution is 6.05. The van der Waals surface area contributed by atoms with Crippen molar-refractivity contribution in [3.05, 3.63) is 23.7 Å². The standard InChI is InChI=1S/C18H20N6O2/c1-10(18(26)24-5-4-11(6-19)9-24)22-17(25)13-7-20-16-15(13)23-14(8-21-16)12-2-3-12/h7-8,10-12H,2-5,9H2,1H3,(H,20,21)(H,22,25)/t10?,11-/m0/s1. The molecule has 2 aliphatic rings. The van der Waals surface area contributed by atoms with Crippen molar-refractivity contribution < 1.29 is 9.59 Å². The number of carbonyl (C=O) groups excluding carboxylic acids is 2. The molecule has 1 unspecified atom stereocenters. The van der Waals surface area contributed by atoms with Crippen LogP contribution in [0.4, 0.5) is 0 Å². The molecule has 2 aromatic heterocycles. The third kappa shape index (κ3) is 3.01. The summed E-state index contributed by atoms with van der Waals surface area (Å²) < 4.78 is 0. The van der Waals surface area contributed by atoms with E-state index < -0.39 is 6.04 Å². The van der Waals surface area contributed by atoms with E-state index in [0.717, 1.165) is 18.5 Å². The number of aromatic amines is 1. The number of amides is 2. The first-order chi connectivity index (χ1) is 12.6. The first-order valence-corrected chi connectivity index (χ1v) is 8.90. The number of carbonyl (C=O) groups is 2. The number of fused-ring (bicyclic) bond motifs is 1. The van der Waals surface area contributed by atoms with E-state index in [2.05, 4.69) is 26.3 Å². The summed E-state index contributed by atoms with van der Waals surface area (Å²) in [6.07, 6.45) is 6.23. The lowest BCUT2D eigenvalue weighted by Crippen LogP contribution is -2.46. The number of hydrogen-bond acceptors (Lipinski definition) is 5. The van der Waals surface area contributed by atoms with Gasteiger partial charge in [0, 0.05) is 25.2 Å². The van der Waals surface area contributed by atoms with Gasteiger partial charge in [-0.3, -0.25) is 9.59 Å². The molecule has 8 heteroatoms. The highest BCUT2D eigenvalue weighted by Crippen LogP contribution is 2.39. The van der Waals surface area contributed by atoms with Gasteiger partial charge >= 0.3 is 0 Å². The maximum Gasteiger partial charge on any atom is 0.255 e. The minimum absolute atomic E-state index is 0.119. The van der Waals surface area contributed by atoms with Crippen LogP contribution in [-0.4, -0.2) is 50.8 Å². The van der Waals surface area contributed by atoms with E-state index in [1.165, 1.54) is 0 Å². The Morgan fingerprint density at radius 2 is 2.23 bits per heavy atom. The Kier molecular flexibility index (Phi) is 4.07. The summed E-state index contributed by atoms with van der Waals surface area (Å²) in [7, 11) is 0. The Morgan fingerprint density at radius 3 is 2.92 bits per heavy atom. The maximum absolute atomic E-state index is 12.6. The molecule has 2 N–H and O–H groups in total. The SMILES string of the molecule is CC(NC(=O)c1c[nH]c2ncc(C3CC3)nc12)C(=O)N1CC[C@@H](C#N)C1. The molecule has 26 heavy (non-hydrogen) atoms. The van der Waals surface area contributed by atoms with Crippen LogP contribution in [0, 0.1) is 17.2 Å². The van der Waals surface area contributed by atoms with Gasteiger partial charge in [-0.25, -0.2) is 9.97 Å². The van der Waals surface area contributed by atoms with E-state index in [4.69, 9.17) is 5.26 Å². The van der Waals surface area contributed by atoms with Crippen LogP contribution in [0.2, 0.25) is 0 Å². The molecule has 0 spiro atoms. The van der Waals surface area contributed by atoms with Crippen molar-refractivity contribution in [2.75, 3.05) is 13.1 Å². The maximum atomic E-state index is 12.6. The van der Waals surface area contributed by atoms with Crippen LogP contribution in [0.1, 0.15) is 48.2 Å². The molecule has 0 aromatic carbocycles. The van der Waals surface area contributed by atoms with Gasteiger partial charge in [-0.1, -0.05) is 0 Å². The number of nitrogens with one attached hydrogen (secondary N) is 2. The minimum atomic E-state index is -0.663. The van der Waals surface area contributed by atoms with Gasteiger partial charge in [-0.2, -0.15) is 5.26 Å². The van der Waals surface area contributed by atoms with E-state index in [9.17, 15) is 9.59 Å². The minimum Gasteiger partial charge on any atom is -0.344 e. The molecule has 2 aromatic rings. The van der Waals surface area contributed by atoms with Gasteiger partial charge in [-0.15, -0.1) is 0 Å². The summed E-state index contributed by atoms with van der Waals surface area (Å²) in [5.41, 5.74) is 2.41. The second kappa shape index (κ2) is 6.41.